The van der Waals surface area contributed by atoms with Gasteiger partial charge in [0.1, 0.15) is 0 Å². The fourth-order valence-electron chi connectivity index (χ4n) is 0.988. The van der Waals surface area contributed by atoms with E-state index in [1.165, 1.54) is 0 Å². The van der Waals surface area contributed by atoms with Crippen LogP contribution in [0.2, 0.25) is 0 Å². The Morgan fingerprint density at radius 2 is 2.13 bits per heavy atom. The molecule has 1 N–H and O–H groups in total. The molecule has 0 aromatic heterocycles. The topological polar surface area (TPSA) is 37.3 Å². The van der Waals surface area contributed by atoms with Crippen molar-refractivity contribution < 1.29 is 27.7 Å². The first kappa shape index (κ1) is 3.09. The largest absolute Gasteiger partial charge is 0.481 e. The van der Waals surface area contributed by atoms with Crippen molar-refractivity contribution in [2.75, 3.05) is 0 Å². The van der Waals surface area contributed by atoms with Crippen LogP contribution in [0.4, 0.5) is 0 Å². The summed E-state index contributed by atoms with van der Waals surface area (Å²) in [6.45, 7) is -10.4. The second-order valence-electron chi connectivity index (χ2n) is 2.76. The highest BCUT2D eigenvalue weighted by Crippen LogP contribution is 2.17. The first-order valence-electron chi connectivity index (χ1n) is 10.5. The number of hydrogen-bond donors (Lipinski definition) is 1. The molecule has 0 aliphatic carbocycles. The Morgan fingerprint density at radius 1 is 1.47 bits per heavy atom. The van der Waals surface area contributed by atoms with Crippen molar-refractivity contribution in [3.8, 4) is 0 Å². The van der Waals surface area contributed by atoms with Gasteiger partial charge in [0.15, 0.2) is 0 Å². The maximum Gasteiger partial charge on any atom is 0.310 e. The number of carboxylic acid groups (broad SMARTS) is 1. The van der Waals surface area contributed by atoms with E-state index in [4.69, 9.17) is 17.8 Å². The third-order valence-electron chi connectivity index (χ3n) is 1.66. The van der Waals surface area contributed by atoms with Crippen LogP contribution < -0.4 is 0 Å². The van der Waals surface area contributed by atoms with Crippen LogP contribution in [-0.2, 0) is 11.2 Å². The molecule has 0 spiro atoms. The van der Waals surface area contributed by atoms with Crippen LogP contribution in [0.25, 0.3) is 0 Å². The van der Waals surface area contributed by atoms with Crippen LogP contribution >= 0.6 is 0 Å². The molecule has 0 saturated carbocycles. The molecule has 2 heteroatoms. The number of rotatable bonds is 4. The first-order chi connectivity index (χ1) is 12.2. The summed E-state index contributed by atoms with van der Waals surface area (Å²) in [5.74, 6) is -8.63. The standard InChI is InChI=1S/C13H18O2/c1-9(2)8-11-4-6-12(7-5-11)10(3)13(14)15/h4-7,9-10H,8H2,1-3H3,(H,14,15)/i1D3,2D3,3D3,8D2,9D,10D. The number of carbonyl (C=O) groups is 1. The van der Waals surface area contributed by atoms with E-state index in [0.717, 1.165) is 24.3 Å². The van der Waals surface area contributed by atoms with Gasteiger partial charge in [-0.2, -0.15) is 0 Å². The summed E-state index contributed by atoms with van der Waals surface area (Å²) in [6, 6.07) is 3.16. The minimum atomic E-state index is -3.57. The van der Waals surface area contributed by atoms with Gasteiger partial charge < -0.3 is 5.11 Å². The third-order valence-corrected chi connectivity index (χ3v) is 1.66. The predicted molar refractivity (Wildman–Crippen MR) is 61.0 cm³/mol. The van der Waals surface area contributed by atoms with Crippen molar-refractivity contribution in [3.05, 3.63) is 35.4 Å². The summed E-state index contributed by atoms with van der Waals surface area (Å²) in [6.07, 6.45) is -3.25. The number of hydrogen-bond acceptors (Lipinski definition) is 1. The maximum absolute atomic E-state index is 11.4. The summed E-state index contributed by atoms with van der Waals surface area (Å²) in [5, 5.41) is 9.19. The Kier molecular flexibility index (Phi) is 1.02. The molecule has 0 bridgehead atoms. The molecule has 0 radical (unpaired) electrons. The van der Waals surface area contributed by atoms with Gasteiger partial charge in [-0.25, -0.2) is 0 Å². The quantitative estimate of drug-likeness (QED) is 0.845. The van der Waals surface area contributed by atoms with Gasteiger partial charge in [-0.3, -0.25) is 4.79 Å². The average Bonchev–Trinajstić information content (AvgIpc) is 2.49. The third kappa shape index (κ3) is 3.39. The predicted octanol–water partition coefficient (Wildman–Crippen LogP) is 3.07. The highest BCUT2D eigenvalue weighted by Gasteiger charge is 2.12. The van der Waals surface area contributed by atoms with Crippen molar-refractivity contribution in [1.29, 1.82) is 0 Å². The highest BCUT2D eigenvalue weighted by molar-refractivity contribution is 5.75. The Balaban J connectivity index is 3.62. The van der Waals surface area contributed by atoms with Crippen molar-refractivity contribution in [1.82, 2.24) is 0 Å². The van der Waals surface area contributed by atoms with Crippen LogP contribution in [-0.4, -0.2) is 11.1 Å². The summed E-state index contributed by atoms with van der Waals surface area (Å²) < 4.78 is 98.2. The van der Waals surface area contributed by atoms with Crippen LogP contribution in [0.5, 0.6) is 0 Å². The second-order valence-corrected chi connectivity index (χ2v) is 2.76. The molecular formula is C13H18O2. The Hall–Kier alpha value is -1.31. The van der Waals surface area contributed by atoms with Gasteiger partial charge in [0.2, 0.25) is 0 Å². The zero-order chi connectivity index (χ0) is 22.6. The average molecular weight is 219 g/mol. The lowest BCUT2D eigenvalue weighted by Crippen LogP contribution is -2.07. The molecule has 0 amide bonds. The Bertz CT molecular complexity index is 715. The fraction of sp³-hybridized carbons (Fsp3) is 0.462. The van der Waals surface area contributed by atoms with Crippen molar-refractivity contribution in [2.45, 2.75) is 32.8 Å². The van der Waals surface area contributed by atoms with E-state index in [2.05, 4.69) is 0 Å². The number of benzene rings is 1. The normalized spacial score (nSPS) is 31.9. The Labute approximate surface area is 109 Å². The molecule has 1 atom stereocenters. The summed E-state index contributed by atoms with van der Waals surface area (Å²) in [4.78, 5) is 11.4. The van der Waals surface area contributed by atoms with E-state index < -0.39 is 55.8 Å². The molecule has 0 fully saturated rings. The molecular weight excluding hydrogens is 188 g/mol. The van der Waals surface area contributed by atoms with E-state index in [9.17, 15) is 9.90 Å². The maximum atomic E-state index is 11.4. The number of aliphatic carboxylic acids is 1. The number of carboxylic acids is 1. The molecule has 0 saturated heterocycles. The molecule has 1 unspecified atom stereocenters. The monoisotopic (exact) mass is 219 g/mol. The second kappa shape index (κ2) is 4.96. The Morgan fingerprint density at radius 3 is 2.60 bits per heavy atom. The molecule has 0 aliphatic heterocycles. The van der Waals surface area contributed by atoms with Crippen LogP contribution in [0.3, 0.4) is 0 Å². The summed E-state index contributed by atoms with van der Waals surface area (Å²) >= 11 is 0. The van der Waals surface area contributed by atoms with Crippen LogP contribution in [0, 0.1) is 5.89 Å². The van der Waals surface area contributed by atoms with Gasteiger partial charge >= 0.3 is 5.97 Å². The highest BCUT2D eigenvalue weighted by atomic mass is 16.4. The van der Waals surface area contributed by atoms with E-state index in [1.807, 2.05) is 0 Å². The molecule has 1 rings (SSSR count). The van der Waals surface area contributed by atoms with Crippen molar-refractivity contribution in [2.24, 2.45) is 5.89 Å². The molecule has 0 aliphatic rings. The lowest BCUT2D eigenvalue weighted by Gasteiger charge is -2.09. The van der Waals surface area contributed by atoms with E-state index in [1.54, 1.807) is 0 Å². The van der Waals surface area contributed by atoms with Gasteiger partial charge in [-0.05, 0) is 30.2 Å². The molecule has 82 valence electrons. The van der Waals surface area contributed by atoms with Gasteiger partial charge in [0.05, 0.1) is 5.89 Å². The van der Waals surface area contributed by atoms with Crippen LogP contribution in [0.1, 0.15) is 55.4 Å². The van der Waals surface area contributed by atoms with Gasteiger partial charge in [0, 0.05) is 17.8 Å². The van der Waals surface area contributed by atoms with E-state index in [0.29, 0.717) is 0 Å². The minimum Gasteiger partial charge on any atom is -0.481 e. The molecule has 0 heterocycles. The lowest BCUT2D eigenvalue weighted by molar-refractivity contribution is -0.138. The van der Waals surface area contributed by atoms with Crippen molar-refractivity contribution in [3.63, 3.8) is 0 Å². The summed E-state index contributed by atoms with van der Waals surface area (Å²) in [5.41, 5.74) is -1.13. The fourth-order valence-corrected chi connectivity index (χ4v) is 0.988. The zero-order valence-electron chi connectivity index (χ0n) is 20.7. The minimum absolute atomic E-state index is 0.544. The van der Waals surface area contributed by atoms with Crippen molar-refractivity contribution >= 4 is 5.97 Å². The molecule has 1 aromatic rings. The van der Waals surface area contributed by atoms with Gasteiger partial charge in [0.25, 0.3) is 0 Å². The molecule has 1 aromatic carbocycles. The zero-order valence-corrected chi connectivity index (χ0v) is 7.66. The SMILES string of the molecule is [2H]C([2H])([2H])C([2H])(C(=O)O)c1ccc(C([2H])([2H])C([2H])(C([2H])([2H])[2H])C([2H])([2H])[2H])cc1. The lowest BCUT2D eigenvalue weighted by atomic mass is 9.97. The van der Waals surface area contributed by atoms with E-state index in [-0.39, 0.29) is 0 Å². The summed E-state index contributed by atoms with van der Waals surface area (Å²) in [7, 11) is 0. The van der Waals surface area contributed by atoms with E-state index >= 15 is 0 Å². The smallest absolute Gasteiger partial charge is 0.310 e. The van der Waals surface area contributed by atoms with Crippen LogP contribution in [0.15, 0.2) is 24.3 Å². The first-order valence-corrected chi connectivity index (χ1v) is 4.00. The van der Waals surface area contributed by atoms with Gasteiger partial charge in [-0.1, -0.05) is 38.0 Å². The molecule has 15 heavy (non-hydrogen) atoms. The molecule has 2 nitrogen and oxygen atoms in total. The van der Waals surface area contributed by atoms with Gasteiger partial charge in [-0.15, -0.1) is 0 Å².